The molecule has 5 heteroatoms. The molecule has 1 amide bonds. The number of nitrogens with one attached hydrogen (secondary N) is 2. The number of carbonyl (C=O) groups excluding carboxylic acids is 1. The standard InChI is InChI=1S/C21H28N4O/c1-2-3-12-22-18-11-13-23-20(16-18)21(26)24-17-7-9-19(10-8-17)25-14-5-4-6-15-25/h7-11,13,16H,2-6,12,14-15H2,1H3,(H,22,23)(H,24,26). The number of piperidine rings is 1. The third kappa shape index (κ3) is 4.97. The number of amides is 1. The lowest BCUT2D eigenvalue weighted by Gasteiger charge is -2.28. The Morgan fingerprint density at radius 2 is 1.85 bits per heavy atom. The van der Waals surface area contributed by atoms with E-state index in [4.69, 9.17) is 0 Å². The summed E-state index contributed by atoms with van der Waals surface area (Å²) >= 11 is 0. The van der Waals surface area contributed by atoms with Crippen molar-refractivity contribution in [3.8, 4) is 0 Å². The number of carbonyl (C=O) groups is 1. The minimum Gasteiger partial charge on any atom is -0.385 e. The first kappa shape index (κ1) is 18.2. The van der Waals surface area contributed by atoms with E-state index in [1.165, 1.54) is 24.9 Å². The molecule has 0 atom stereocenters. The van der Waals surface area contributed by atoms with Crippen molar-refractivity contribution in [2.24, 2.45) is 0 Å². The Morgan fingerprint density at radius 3 is 2.58 bits per heavy atom. The molecule has 2 aromatic rings. The van der Waals surface area contributed by atoms with Gasteiger partial charge in [-0.05, 0) is 62.1 Å². The van der Waals surface area contributed by atoms with Crippen LogP contribution in [-0.4, -0.2) is 30.5 Å². The molecule has 1 aromatic carbocycles. The van der Waals surface area contributed by atoms with E-state index in [1.807, 2.05) is 18.2 Å². The lowest BCUT2D eigenvalue weighted by molar-refractivity contribution is 0.102. The van der Waals surface area contributed by atoms with Crippen LogP contribution in [0, 0.1) is 0 Å². The van der Waals surface area contributed by atoms with Gasteiger partial charge in [-0.2, -0.15) is 0 Å². The van der Waals surface area contributed by atoms with Crippen LogP contribution in [0.5, 0.6) is 0 Å². The van der Waals surface area contributed by atoms with Crippen LogP contribution in [0.3, 0.4) is 0 Å². The van der Waals surface area contributed by atoms with E-state index in [-0.39, 0.29) is 5.91 Å². The summed E-state index contributed by atoms with van der Waals surface area (Å²) in [4.78, 5) is 19.1. The topological polar surface area (TPSA) is 57.3 Å². The molecule has 3 rings (SSSR count). The van der Waals surface area contributed by atoms with Crippen molar-refractivity contribution in [1.29, 1.82) is 0 Å². The van der Waals surface area contributed by atoms with Crippen molar-refractivity contribution in [2.75, 3.05) is 35.2 Å². The molecule has 1 aromatic heterocycles. The summed E-state index contributed by atoms with van der Waals surface area (Å²) in [5, 5.41) is 6.26. The summed E-state index contributed by atoms with van der Waals surface area (Å²) in [6.07, 6.45) is 7.75. The lowest BCUT2D eigenvalue weighted by atomic mass is 10.1. The van der Waals surface area contributed by atoms with Gasteiger partial charge in [0.05, 0.1) is 0 Å². The number of hydrogen-bond donors (Lipinski definition) is 2. The number of unbranched alkanes of at least 4 members (excludes halogenated alkanes) is 1. The highest BCUT2D eigenvalue weighted by Crippen LogP contribution is 2.22. The van der Waals surface area contributed by atoms with E-state index in [0.29, 0.717) is 5.69 Å². The van der Waals surface area contributed by atoms with Gasteiger partial charge in [-0.1, -0.05) is 13.3 Å². The van der Waals surface area contributed by atoms with Crippen LogP contribution < -0.4 is 15.5 Å². The second kappa shape index (κ2) is 9.22. The van der Waals surface area contributed by atoms with Gasteiger partial charge in [0.15, 0.2) is 0 Å². The molecule has 0 unspecified atom stereocenters. The summed E-state index contributed by atoms with van der Waals surface area (Å²) < 4.78 is 0. The van der Waals surface area contributed by atoms with Gasteiger partial charge in [-0.15, -0.1) is 0 Å². The number of pyridine rings is 1. The van der Waals surface area contributed by atoms with E-state index in [2.05, 4.69) is 39.6 Å². The molecule has 1 saturated heterocycles. The third-order valence-corrected chi connectivity index (χ3v) is 4.70. The minimum absolute atomic E-state index is 0.185. The van der Waals surface area contributed by atoms with Crippen LogP contribution in [0.1, 0.15) is 49.5 Å². The smallest absolute Gasteiger partial charge is 0.274 e. The Balaban J connectivity index is 1.59. The zero-order valence-corrected chi connectivity index (χ0v) is 15.5. The Hall–Kier alpha value is -2.56. The van der Waals surface area contributed by atoms with E-state index >= 15 is 0 Å². The van der Waals surface area contributed by atoms with Gasteiger partial charge in [0, 0.05) is 42.9 Å². The fraction of sp³-hybridized carbons (Fsp3) is 0.429. The molecule has 26 heavy (non-hydrogen) atoms. The summed E-state index contributed by atoms with van der Waals surface area (Å²) in [7, 11) is 0. The Bertz CT molecular complexity index is 708. The highest BCUT2D eigenvalue weighted by atomic mass is 16.1. The van der Waals surface area contributed by atoms with Crippen molar-refractivity contribution in [3.05, 3.63) is 48.3 Å². The van der Waals surface area contributed by atoms with E-state index in [1.54, 1.807) is 12.3 Å². The van der Waals surface area contributed by atoms with E-state index < -0.39 is 0 Å². The third-order valence-electron chi connectivity index (χ3n) is 4.70. The second-order valence-corrected chi connectivity index (χ2v) is 6.76. The molecule has 2 heterocycles. The molecule has 1 fully saturated rings. The zero-order valence-electron chi connectivity index (χ0n) is 15.5. The van der Waals surface area contributed by atoms with Crippen molar-refractivity contribution in [3.63, 3.8) is 0 Å². The first-order valence-electron chi connectivity index (χ1n) is 9.62. The SMILES string of the molecule is CCCCNc1ccnc(C(=O)Nc2ccc(N3CCCCC3)cc2)c1. The normalized spacial score (nSPS) is 14.1. The Kier molecular flexibility index (Phi) is 6.47. The summed E-state index contributed by atoms with van der Waals surface area (Å²) in [6, 6.07) is 11.8. The van der Waals surface area contributed by atoms with Crippen molar-refractivity contribution < 1.29 is 4.79 Å². The van der Waals surface area contributed by atoms with Crippen molar-refractivity contribution in [2.45, 2.75) is 39.0 Å². The molecule has 0 aliphatic carbocycles. The number of rotatable bonds is 7. The maximum Gasteiger partial charge on any atom is 0.274 e. The number of anilines is 3. The molecule has 1 aliphatic heterocycles. The molecule has 5 nitrogen and oxygen atoms in total. The van der Waals surface area contributed by atoms with Crippen molar-refractivity contribution >= 4 is 23.0 Å². The molecule has 0 spiro atoms. The number of aromatic nitrogens is 1. The second-order valence-electron chi connectivity index (χ2n) is 6.76. The van der Waals surface area contributed by atoms with Crippen LogP contribution >= 0.6 is 0 Å². The highest BCUT2D eigenvalue weighted by molar-refractivity contribution is 6.03. The van der Waals surface area contributed by atoms with Gasteiger partial charge >= 0.3 is 0 Å². The van der Waals surface area contributed by atoms with Crippen LogP contribution in [0.4, 0.5) is 17.1 Å². The quantitative estimate of drug-likeness (QED) is 0.719. The molecule has 0 saturated carbocycles. The fourth-order valence-corrected chi connectivity index (χ4v) is 3.18. The molecule has 2 N–H and O–H groups in total. The fourth-order valence-electron chi connectivity index (χ4n) is 3.18. The molecular formula is C21H28N4O. The van der Waals surface area contributed by atoms with Gasteiger partial charge in [-0.25, -0.2) is 0 Å². The van der Waals surface area contributed by atoms with E-state index in [0.717, 1.165) is 43.9 Å². The number of nitrogens with zero attached hydrogens (tertiary/aromatic N) is 2. The Morgan fingerprint density at radius 1 is 1.08 bits per heavy atom. The molecule has 0 radical (unpaired) electrons. The Labute approximate surface area is 155 Å². The van der Waals surface area contributed by atoms with Crippen LogP contribution in [0.25, 0.3) is 0 Å². The highest BCUT2D eigenvalue weighted by Gasteiger charge is 2.12. The summed E-state index contributed by atoms with van der Waals surface area (Å²) in [5.74, 6) is -0.185. The average Bonchev–Trinajstić information content (AvgIpc) is 2.70. The first-order chi connectivity index (χ1) is 12.8. The van der Waals surface area contributed by atoms with E-state index in [9.17, 15) is 4.79 Å². The minimum atomic E-state index is -0.185. The largest absolute Gasteiger partial charge is 0.385 e. The van der Waals surface area contributed by atoms with Gasteiger partial charge in [0.1, 0.15) is 5.69 Å². The lowest BCUT2D eigenvalue weighted by Crippen LogP contribution is -2.29. The molecular weight excluding hydrogens is 324 g/mol. The van der Waals surface area contributed by atoms with Crippen LogP contribution in [0.2, 0.25) is 0 Å². The predicted octanol–water partition coefficient (Wildman–Crippen LogP) is 4.54. The molecule has 138 valence electrons. The number of hydrogen-bond acceptors (Lipinski definition) is 4. The van der Waals surface area contributed by atoms with Crippen LogP contribution in [0.15, 0.2) is 42.6 Å². The maximum absolute atomic E-state index is 12.5. The van der Waals surface area contributed by atoms with Gasteiger partial charge in [-0.3, -0.25) is 9.78 Å². The molecule has 1 aliphatic rings. The number of benzene rings is 1. The van der Waals surface area contributed by atoms with Crippen molar-refractivity contribution in [1.82, 2.24) is 4.98 Å². The van der Waals surface area contributed by atoms with Crippen LogP contribution in [-0.2, 0) is 0 Å². The summed E-state index contributed by atoms with van der Waals surface area (Å²) in [5.41, 5.74) is 3.37. The first-order valence-corrected chi connectivity index (χ1v) is 9.62. The maximum atomic E-state index is 12.5. The summed E-state index contributed by atoms with van der Waals surface area (Å²) in [6.45, 7) is 5.30. The van der Waals surface area contributed by atoms with Gasteiger partial charge in [0.2, 0.25) is 0 Å². The van der Waals surface area contributed by atoms with Gasteiger partial charge in [0.25, 0.3) is 5.91 Å². The van der Waals surface area contributed by atoms with Gasteiger partial charge < -0.3 is 15.5 Å². The average molecular weight is 352 g/mol. The monoisotopic (exact) mass is 352 g/mol. The molecule has 0 bridgehead atoms. The zero-order chi connectivity index (χ0) is 18.2. The predicted molar refractivity (Wildman–Crippen MR) is 108 cm³/mol.